The van der Waals surface area contributed by atoms with Gasteiger partial charge in [0.25, 0.3) is 0 Å². The topological polar surface area (TPSA) is 72.9 Å². The van der Waals surface area contributed by atoms with Crippen LogP contribution in [0, 0.1) is 0 Å². The largest absolute Gasteiger partial charge is 0.493 e. The average molecular weight is 362 g/mol. The molecule has 1 aliphatic heterocycles. The third kappa shape index (κ3) is 5.37. The molecule has 0 spiro atoms. The third-order valence-corrected chi connectivity index (χ3v) is 5.06. The maximum absolute atomic E-state index is 12.0. The predicted molar refractivity (Wildman–Crippen MR) is 87.1 cm³/mol. The summed E-state index contributed by atoms with van der Waals surface area (Å²) in [5, 5.41) is 0.637. The van der Waals surface area contributed by atoms with E-state index in [9.17, 15) is 13.2 Å². The van der Waals surface area contributed by atoms with Crippen LogP contribution < -0.4 is 4.74 Å². The Morgan fingerprint density at radius 3 is 2.65 bits per heavy atom. The number of hydrogen-bond acceptors (Lipinski definition) is 5. The van der Waals surface area contributed by atoms with Gasteiger partial charge in [-0.05, 0) is 37.1 Å². The second-order valence-corrected chi connectivity index (χ2v) is 7.73. The number of carbonyl (C=O) groups is 1. The summed E-state index contributed by atoms with van der Waals surface area (Å²) in [6, 6.07) is 6.29. The minimum absolute atomic E-state index is 0.195. The molecule has 1 aliphatic rings. The summed E-state index contributed by atoms with van der Waals surface area (Å²) in [6.45, 7) is 0.966. The van der Waals surface area contributed by atoms with Gasteiger partial charge in [0.05, 0.1) is 19.5 Å². The lowest BCUT2D eigenvalue weighted by atomic mass is 10.2. The van der Waals surface area contributed by atoms with E-state index >= 15 is 0 Å². The SMILES string of the molecule is CS(=O)(=O)N1CCC[C@H]1C(=O)OCCCOc1ccc(Cl)cc1. The summed E-state index contributed by atoms with van der Waals surface area (Å²) in [5.74, 6) is 0.208. The van der Waals surface area contributed by atoms with E-state index in [0.29, 0.717) is 43.2 Å². The van der Waals surface area contributed by atoms with E-state index in [2.05, 4.69) is 0 Å². The van der Waals surface area contributed by atoms with Crippen molar-refractivity contribution in [3.8, 4) is 5.75 Å². The number of rotatable bonds is 7. The zero-order valence-corrected chi connectivity index (χ0v) is 14.5. The molecule has 0 unspecified atom stereocenters. The van der Waals surface area contributed by atoms with Crippen molar-refractivity contribution in [1.29, 1.82) is 0 Å². The van der Waals surface area contributed by atoms with Crippen molar-refractivity contribution in [3.05, 3.63) is 29.3 Å². The zero-order valence-electron chi connectivity index (χ0n) is 12.9. The van der Waals surface area contributed by atoms with Crippen LogP contribution in [0.5, 0.6) is 5.75 Å². The van der Waals surface area contributed by atoms with Crippen molar-refractivity contribution in [1.82, 2.24) is 4.31 Å². The van der Waals surface area contributed by atoms with Crippen molar-refractivity contribution in [3.63, 3.8) is 0 Å². The Labute approximate surface area is 141 Å². The molecule has 1 aromatic carbocycles. The molecule has 0 bridgehead atoms. The Bertz CT molecular complexity index is 632. The zero-order chi connectivity index (χ0) is 16.9. The van der Waals surface area contributed by atoms with Crippen LogP contribution in [0.1, 0.15) is 19.3 Å². The molecule has 0 aliphatic carbocycles. The predicted octanol–water partition coefficient (Wildman–Crippen LogP) is 2.08. The van der Waals surface area contributed by atoms with E-state index < -0.39 is 22.0 Å². The first-order valence-corrected chi connectivity index (χ1v) is 9.62. The fourth-order valence-electron chi connectivity index (χ4n) is 2.42. The lowest BCUT2D eigenvalue weighted by Crippen LogP contribution is -2.40. The number of halogens is 1. The first kappa shape index (κ1) is 18.0. The van der Waals surface area contributed by atoms with E-state index in [-0.39, 0.29) is 6.61 Å². The van der Waals surface area contributed by atoms with Crippen LogP contribution in [0.15, 0.2) is 24.3 Å². The maximum atomic E-state index is 12.0. The first-order valence-electron chi connectivity index (χ1n) is 7.40. The summed E-state index contributed by atoms with van der Waals surface area (Å²) in [4.78, 5) is 12.0. The van der Waals surface area contributed by atoms with Crippen LogP contribution in [0.2, 0.25) is 5.02 Å². The van der Waals surface area contributed by atoms with Crippen molar-refractivity contribution in [2.24, 2.45) is 0 Å². The second-order valence-electron chi connectivity index (χ2n) is 5.36. The molecule has 1 saturated heterocycles. The van der Waals surface area contributed by atoms with Crippen LogP contribution in [0.25, 0.3) is 0 Å². The van der Waals surface area contributed by atoms with Gasteiger partial charge in [-0.3, -0.25) is 4.79 Å². The summed E-state index contributed by atoms with van der Waals surface area (Å²) in [7, 11) is -3.37. The van der Waals surface area contributed by atoms with Crippen LogP contribution in [-0.2, 0) is 19.6 Å². The minimum Gasteiger partial charge on any atom is -0.493 e. The summed E-state index contributed by atoms with van der Waals surface area (Å²) in [5.41, 5.74) is 0. The van der Waals surface area contributed by atoms with Crippen molar-refractivity contribution < 1.29 is 22.7 Å². The standard InChI is InChI=1S/C15H20ClNO5S/c1-23(19,20)17-9-2-4-14(17)15(18)22-11-3-10-21-13-7-5-12(16)6-8-13/h5-8,14H,2-4,9-11H2,1H3/t14-/m0/s1. The van der Waals surface area contributed by atoms with Gasteiger partial charge in [0.15, 0.2) is 0 Å². The molecule has 0 aromatic heterocycles. The second kappa shape index (κ2) is 7.99. The third-order valence-electron chi connectivity index (χ3n) is 3.52. The summed E-state index contributed by atoms with van der Waals surface area (Å²) in [6.07, 6.45) is 2.82. The quantitative estimate of drug-likeness (QED) is 0.549. The molecule has 1 atom stereocenters. The molecule has 2 rings (SSSR count). The van der Waals surface area contributed by atoms with Gasteiger partial charge in [0.1, 0.15) is 11.8 Å². The summed E-state index contributed by atoms with van der Waals surface area (Å²) < 4.78 is 35.0. The number of sulfonamides is 1. The highest BCUT2D eigenvalue weighted by atomic mass is 35.5. The van der Waals surface area contributed by atoms with Gasteiger partial charge in [-0.25, -0.2) is 8.42 Å². The molecule has 0 saturated carbocycles. The van der Waals surface area contributed by atoms with Crippen molar-refractivity contribution in [2.75, 3.05) is 26.0 Å². The Hall–Kier alpha value is -1.31. The fraction of sp³-hybridized carbons (Fsp3) is 0.533. The van der Waals surface area contributed by atoms with Gasteiger partial charge in [0.2, 0.25) is 10.0 Å². The molecule has 1 aromatic rings. The van der Waals surface area contributed by atoms with E-state index in [1.54, 1.807) is 24.3 Å². The molecule has 1 heterocycles. The van der Waals surface area contributed by atoms with Gasteiger partial charge in [-0.1, -0.05) is 11.6 Å². The highest BCUT2D eigenvalue weighted by Gasteiger charge is 2.37. The molecule has 8 heteroatoms. The first-order chi connectivity index (χ1) is 10.9. The molecule has 6 nitrogen and oxygen atoms in total. The maximum Gasteiger partial charge on any atom is 0.324 e. The number of hydrogen-bond donors (Lipinski definition) is 0. The molecule has 1 fully saturated rings. The molecule has 128 valence electrons. The Morgan fingerprint density at radius 2 is 2.00 bits per heavy atom. The highest BCUT2D eigenvalue weighted by molar-refractivity contribution is 7.88. The molecule has 0 radical (unpaired) electrons. The molecular weight excluding hydrogens is 342 g/mol. The molecule has 0 amide bonds. The van der Waals surface area contributed by atoms with Crippen LogP contribution in [0.3, 0.4) is 0 Å². The van der Waals surface area contributed by atoms with Gasteiger partial charge in [0, 0.05) is 18.0 Å². The number of nitrogens with zero attached hydrogens (tertiary/aromatic N) is 1. The Kier molecular flexibility index (Phi) is 6.26. The fourth-order valence-corrected chi connectivity index (χ4v) is 3.66. The Morgan fingerprint density at radius 1 is 1.30 bits per heavy atom. The number of esters is 1. The van der Waals surface area contributed by atoms with Crippen molar-refractivity contribution >= 4 is 27.6 Å². The van der Waals surface area contributed by atoms with Gasteiger partial charge >= 0.3 is 5.97 Å². The van der Waals surface area contributed by atoms with Gasteiger partial charge < -0.3 is 9.47 Å². The van der Waals surface area contributed by atoms with Crippen LogP contribution in [0.4, 0.5) is 0 Å². The average Bonchev–Trinajstić information content (AvgIpc) is 2.98. The lowest BCUT2D eigenvalue weighted by molar-refractivity contribution is -0.147. The van der Waals surface area contributed by atoms with Crippen LogP contribution in [-0.4, -0.2) is 50.7 Å². The van der Waals surface area contributed by atoms with Gasteiger partial charge in [-0.15, -0.1) is 0 Å². The number of ether oxygens (including phenoxy) is 2. The van der Waals surface area contributed by atoms with Crippen LogP contribution >= 0.6 is 11.6 Å². The monoisotopic (exact) mass is 361 g/mol. The number of benzene rings is 1. The Balaban J connectivity index is 1.69. The highest BCUT2D eigenvalue weighted by Crippen LogP contribution is 2.21. The van der Waals surface area contributed by atoms with E-state index in [1.807, 2.05) is 0 Å². The van der Waals surface area contributed by atoms with E-state index in [1.165, 1.54) is 4.31 Å². The smallest absolute Gasteiger partial charge is 0.324 e. The molecule has 0 N–H and O–H groups in total. The van der Waals surface area contributed by atoms with Crippen molar-refractivity contribution in [2.45, 2.75) is 25.3 Å². The lowest BCUT2D eigenvalue weighted by Gasteiger charge is -2.20. The normalized spacial score (nSPS) is 18.8. The summed E-state index contributed by atoms with van der Waals surface area (Å²) >= 11 is 5.78. The number of carbonyl (C=O) groups excluding carboxylic acids is 1. The molecule has 23 heavy (non-hydrogen) atoms. The van der Waals surface area contributed by atoms with Gasteiger partial charge in [-0.2, -0.15) is 4.31 Å². The van der Waals surface area contributed by atoms with E-state index in [4.69, 9.17) is 21.1 Å². The molecular formula is C15H20ClNO5S. The minimum atomic E-state index is -3.37. The van der Waals surface area contributed by atoms with E-state index in [0.717, 1.165) is 6.26 Å².